The standard InChI is InChI=1S/C24H28ClN3O3S/c1-17-11-14-27(15-12-17)24(29)22(10-9-18-5-2-3-6-20(18)25)28-16-13-19-21(28)7-4-8-23(19)32(26,30)31/h2-8,13,16-17,22H,9-12,14-15H2,1H3,(H2,26,30,31). The Morgan fingerprint density at radius 1 is 1.12 bits per heavy atom. The van der Waals surface area contributed by atoms with Crippen LogP contribution in [0.4, 0.5) is 0 Å². The average Bonchev–Trinajstić information content (AvgIpc) is 3.19. The molecule has 0 radical (unpaired) electrons. The minimum Gasteiger partial charge on any atom is -0.341 e. The normalized spacial score (nSPS) is 16.4. The van der Waals surface area contributed by atoms with Crippen LogP contribution in [0.15, 0.2) is 59.6 Å². The van der Waals surface area contributed by atoms with Crippen molar-refractivity contribution in [2.45, 2.75) is 43.5 Å². The van der Waals surface area contributed by atoms with Crippen molar-refractivity contribution in [2.75, 3.05) is 13.1 Å². The van der Waals surface area contributed by atoms with Crippen molar-refractivity contribution >= 4 is 38.4 Å². The highest BCUT2D eigenvalue weighted by Crippen LogP contribution is 2.30. The summed E-state index contributed by atoms with van der Waals surface area (Å²) in [7, 11) is -3.88. The lowest BCUT2D eigenvalue weighted by Gasteiger charge is -2.34. The number of nitrogens with two attached hydrogens (primary N) is 1. The smallest absolute Gasteiger partial charge is 0.245 e. The number of hydrogen-bond donors (Lipinski definition) is 1. The number of sulfonamides is 1. The van der Waals surface area contributed by atoms with Crippen LogP contribution >= 0.6 is 11.6 Å². The van der Waals surface area contributed by atoms with Crippen LogP contribution in [0.25, 0.3) is 10.9 Å². The molecule has 1 aromatic heterocycles. The zero-order valence-electron chi connectivity index (χ0n) is 18.1. The van der Waals surface area contributed by atoms with Crippen LogP contribution in [-0.4, -0.2) is 36.9 Å². The summed E-state index contributed by atoms with van der Waals surface area (Å²) in [5.41, 5.74) is 1.67. The predicted octanol–water partition coefficient (Wildman–Crippen LogP) is 4.37. The second-order valence-corrected chi connectivity index (χ2v) is 10.5. The monoisotopic (exact) mass is 473 g/mol. The number of nitrogens with zero attached hydrogens (tertiary/aromatic N) is 2. The summed E-state index contributed by atoms with van der Waals surface area (Å²) in [6.07, 6.45) is 4.96. The molecule has 4 rings (SSSR count). The molecule has 0 bridgehead atoms. The first-order chi connectivity index (χ1) is 15.3. The summed E-state index contributed by atoms with van der Waals surface area (Å²) in [5.74, 6) is 0.674. The molecule has 2 heterocycles. The van der Waals surface area contributed by atoms with E-state index < -0.39 is 16.1 Å². The van der Waals surface area contributed by atoms with Crippen molar-refractivity contribution in [1.29, 1.82) is 0 Å². The number of amides is 1. The van der Waals surface area contributed by atoms with Crippen molar-refractivity contribution in [3.63, 3.8) is 0 Å². The first-order valence-corrected chi connectivity index (χ1v) is 12.8. The van der Waals surface area contributed by atoms with E-state index in [0.717, 1.165) is 31.5 Å². The zero-order valence-corrected chi connectivity index (χ0v) is 19.6. The second-order valence-electron chi connectivity index (χ2n) is 8.61. The predicted molar refractivity (Wildman–Crippen MR) is 127 cm³/mol. The van der Waals surface area contributed by atoms with Crippen LogP contribution in [0, 0.1) is 5.92 Å². The third-order valence-corrected chi connectivity index (χ3v) is 7.73. The number of fused-ring (bicyclic) bond motifs is 1. The topological polar surface area (TPSA) is 85.4 Å². The summed E-state index contributed by atoms with van der Waals surface area (Å²) in [6.45, 7) is 3.69. The van der Waals surface area contributed by atoms with Crippen LogP contribution in [0.1, 0.15) is 37.8 Å². The zero-order chi connectivity index (χ0) is 22.9. The Morgan fingerprint density at radius 2 is 1.84 bits per heavy atom. The van der Waals surface area contributed by atoms with E-state index in [1.807, 2.05) is 39.8 Å². The highest BCUT2D eigenvalue weighted by atomic mass is 35.5. The van der Waals surface area contributed by atoms with E-state index in [1.165, 1.54) is 6.07 Å². The molecule has 170 valence electrons. The number of hydrogen-bond acceptors (Lipinski definition) is 3. The molecule has 1 amide bonds. The number of likely N-dealkylation sites (tertiary alicyclic amines) is 1. The molecular formula is C24H28ClN3O3S. The van der Waals surface area contributed by atoms with Gasteiger partial charge in [-0.1, -0.05) is 42.8 Å². The molecule has 2 N–H and O–H groups in total. The number of primary sulfonamides is 1. The van der Waals surface area contributed by atoms with Crippen molar-refractivity contribution in [3.8, 4) is 0 Å². The highest BCUT2D eigenvalue weighted by Gasteiger charge is 2.29. The Balaban J connectivity index is 1.72. The van der Waals surface area contributed by atoms with Crippen LogP contribution in [0.2, 0.25) is 5.02 Å². The number of rotatable bonds is 6. The Hall–Kier alpha value is -2.35. The van der Waals surface area contributed by atoms with E-state index in [9.17, 15) is 13.2 Å². The molecule has 0 spiro atoms. The highest BCUT2D eigenvalue weighted by molar-refractivity contribution is 7.89. The summed E-state index contributed by atoms with van der Waals surface area (Å²) < 4.78 is 26.0. The van der Waals surface area contributed by atoms with E-state index >= 15 is 0 Å². The minimum atomic E-state index is -3.88. The van der Waals surface area contributed by atoms with Crippen LogP contribution in [0.5, 0.6) is 0 Å². The Morgan fingerprint density at radius 3 is 2.53 bits per heavy atom. The van der Waals surface area contributed by atoms with Gasteiger partial charge in [-0.25, -0.2) is 13.6 Å². The number of carbonyl (C=O) groups excluding carboxylic acids is 1. The maximum Gasteiger partial charge on any atom is 0.245 e. The third kappa shape index (κ3) is 4.70. The van der Waals surface area contributed by atoms with E-state index in [4.69, 9.17) is 16.7 Å². The molecule has 0 aliphatic carbocycles. The van der Waals surface area contributed by atoms with Gasteiger partial charge in [-0.15, -0.1) is 0 Å². The van der Waals surface area contributed by atoms with E-state index in [1.54, 1.807) is 18.3 Å². The number of aromatic nitrogens is 1. The van der Waals surface area contributed by atoms with Gasteiger partial charge in [0.15, 0.2) is 0 Å². The largest absolute Gasteiger partial charge is 0.341 e. The molecule has 1 saturated heterocycles. The molecule has 8 heteroatoms. The van der Waals surface area contributed by atoms with Gasteiger partial charge in [0.2, 0.25) is 15.9 Å². The van der Waals surface area contributed by atoms with Gasteiger partial charge in [-0.05, 0) is 61.4 Å². The fourth-order valence-electron chi connectivity index (χ4n) is 4.49. The summed E-state index contributed by atoms with van der Waals surface area (Å²) in [5, 5.41) is 6.63. The molecule has 32 heavy (non-hydrogen) atoms. The number of piperidine rings is 1. The van der Waals surface area contributed by atoms with Gasteiger partial charge < -0.3 is 9.47 Å². The second kappa shape index (κ2) is 9.25. The third-order valence-electron chi connectivity index (χ3n) is 6.39. The Bertz CT molecular complexity index is 1230. The molecule has 0 saturated carbocycles. The van der Waals surface area contributed by atoms with Gasteiger partial charge in [0.1, 0.15) is 6.04 Å². The van der Waals surface area contributed by atoms with Crippen molar-refractivity contribution in [1.82, 2.24) is 9.47 Å². The fraction of sp³-hybridized carbons (Fsp3) is 0.375. The quantitative estimate of drug-likeness (QED) is 0.576. The number of carbonyl (C=O) groups is 1. The number of aryl methyl sites for hydroxylation is 1. The molecule has 2 aromatic carbocycles. The average molecular weight is 474 g/mol. The molecule has 1 aliphatic rings. The van der Waals surface area contributed by atoms with Gasteiger partial charge in [-0.3, -0.25) is 4.79 Å². The summed E-state index contributed by atoms with van der Waals surface area (Å²) in [6, 6.07) is 13.9. The lowest BCUT2D eigenvalue weighted by molar-refractivity contribution is -0.136. The molecule has 1 fully saturated rings. The van der Waals surface area contributed by atoms with E-state index in [2.05, 4.69) is 6.92 Å². The SMILES string of the molecule is CC1CCN(C(=O)C(CCc2ccccc2Cl)n2ccc3c(S(N)(=O)=O)cccc32)CC1. The molecule has 6 nitrogen and oxygen atoms in total. The lowest BCUT2D eigenvalue weighted by Crippen LogP contribution is -2.42. The van der Waals surface area contributed by atoms with Gasteiger partial charge in [0, 0.05) is 29.7 Å². The van der Waals surface area contributed by atoms with E-state index in [0.29, 0.717) is 34.7 Å². The maximum atomic E-state index is 13.7. The summed E-state index contributed by atoms with van der Waals surface area (Å²) in [4.78, 5) is 15.7. The minimum absolute atomic E-state index is 0.0578. The molecular weight excluding hydrogens is 446 g/mol. The Kier molecular flexibility index (Phi) is 6.60. The van der Waals surface area contributed by atoms with Crippen molar-refractivity contribution < 1.29 is 13.2 Å². The molecule has 3 aromatic rings. The lowest BCUT2D eigenvalue weighted by atomic mass is 9.97. The van der Waals surface area contributed by atoms with Crippen LogP contribution < -0.4 is 5.14 Å². The van der Waals surface area contributed by atoms with Crippen LogP contribution in [-0.2, 0) is 21.2 Å². The van der Waals surface area contributed by atoms with Crippen molar-refractivity contribution in [3.05, 3.63) is 65.3 Å². The van der Waals surface area contributed by atoms with Gasteiger partial charge in [0.25, 0.3) is 0 Å². The molecule has 1 atom stereocenters. The molecule has 1 aliphatic heterocycles. The summed E-state index contributed by atoms with van der Waals surface area (Å²) >= 11 is 6.36. The fourth-order valence-corrected chi connectivity index (χ4v) is 5.47. The van der Waals surface area contributed by atoms with Gasteiger partial charge in [-0.2, -0.15) is 0 Å². The Labute approximate surface area is 194 Å². The van der Waals surface area contributed by atoms with Gasteiger partial charge >= 0.3 is 0 Å². The maximum absolute atomic E-state index is 13.7. The number of benzene rings is 2. The molecule has 1 unspecified atom stereocenters. The first-order valence-electron chi connectivity index (χ1n) is 10.9. The number of halogens is 1. The van der Waals surface area contributed by atoms with Gasteiger partial charge in [0.05, 0.1) is 10.4 Å². The van der Waals surface area contributed by atoms with E-state index in [-0.39, 0.29) is 10.8 Å². The van der Waals surface area contributed by atoms with Crippen molar-refractivity contribution in [2.24, 2.45) is 11.1 Å². The van der Waals surface area contributed by atoms with Crippen LogP contribution in [0.3, 0.4) is 0 Å². The first kappa shape index (κ1) is 22.8.